The van der Waals surface area contributed by atoms with Gasteiger partial charge >= 0.3 is 0 Å². The van der Waals surface area contributed by atoms with E-state index in [1.165, 1.54) is 49.8 Å². The molecule has 0 spiro atoms. The van der Waals surface area contributed by atoms with Crippen molar-refractivity contribution in [3.63, 3.8) is 0 Å². The van der Waals surface area contributed by atoms with Crippen LogP contribution in [-0.2, 0) is 0 Å². The number of hydrogen-bond donors (Lipinski definition) is 0. The fourth-order valence-corrected chi connectivity index (χ4v) is 3.85. The zero-order chi connectivity index (χ0) is 16.6. The molecule has 116 valence electrons. The van der Waals surface area contributed by atoms with Gasteiger partial charge in [-0.2, -0.15) is 0 Å². The minimum atomic E-state index is 1.27. The summed E-state index contributed by atoms with van der Waals surface area (Å²) < 4.78 is 0. The zero-order valence-corrected chi connectivity index (χ0v) is 15.4. The van der Waals surface area contributed by atoms with Crippen LogP contribution < -0.4 is 5.30 Å². The highest BCUT2D eigenvalue weighted by molar-refractivity contribution is 7.28. The summed E-state index contributed by atoms with van der Waals surface area (Å²) in [6, 6.07) is 20.1. The largest absolute Gasteiger partial charge is 0.104 e. The van der Waals surface area contributed by atoms with Crippen LogP contribution in [0.4, 0.5) is 0 Å². The van der Waals surface area contributed by atoms with Gasteiger partial charge in [-0.3, -0.25) is 0 Å². The van der Waals surface area contributed by atoms with Crippen LogP contribution in [0.3, 0.4) is 0 Å². The van der Waals surface area contributed by atoms with Crippen LogP contribution in [0, 0.1) is 27.7 Å². The molecule has 0 radical (unpaired) electrons. The highest BCUT2D eigenvalue weighted by Crippen LogP contribution is 2.28. The summed E-state index contributed by atoms with van der Waals surface area (Å²) in [5.74, 6) is 0. The maximum Gasteiger partial charge on any atom is -0.0106 e. The number of hydrogen-bond acceptors (Lipinski definition) is 0. The third-order valence-electron chi connectivity index (χ3n) is 4.17. The lowest BCUT2D eigenvalue weighted by molar-refractivity contribution is 1.38. The Hall–Kier alpha value is -1.91. The molecule has 1 atom stereocenters. The number of aryl methyl sites for hydroxylation is 4. The maximum atomic E-state index is 2.95. The van der Waals surface area contributed by atoms with Gasteiger partial charge in [-0.25, -0.2) is 0 Å². The molecule has 0 N–H and O–H groups in total. The van der Waals surface area contributed by atoms with E-state index in [-0.39, 0.29) is 0 Å². The lowest BCUT2D eigenvalue weighted by Crippen LogP contribution is -2.02. The highest BCUT2D eigenvalue weighted by Gasteiger charge is 2.09. The van der Waals surface area contributed by atoms with Gasteiger partial charge in [0.25, 0.3) is 0 Å². The molecule has 1 heteroatoms. The van der Waals surface area contributed by atoms with Crippen molar-refractivity contribution < 1.29 is 0 Å². The van der Waals surface area contributed by atoms with Crippen LogP contribution in [0.1, 0.15) is 22.3 Å². The number of rotatable bonds is 2. The zero-order valence-electron chi connectivity index (χ0n) is 14.3. The van der Waals surface area contributed by atoms with Crippen LogP contribution in [0.25, 0.3) is 22.3 Å². The predicted octanol–water partition coefficient (Wildman–Crippen LogP) is 5.75. The Kier molecular flexibility index (Phi) is 4.37. The van der Waals surface area contributed by atoms with E-state index in [0.717, 1.165) is 0 Å². The lowest BCUT2D eigenvalue weighted by Gasteiger charge is -2.14. The van der Waals surface area contributed by atoms with Gasteiger partial charge in [0, 0.05) is 0 Å². The lowest BCUT2D eigenvalue weighted by atomic mass is 9.95. The van der Waals surface area contributed by atoms with E-state index in [2.05, 4.69) is 91.5 Å². The molecule has 0 fully saturated rings. The van der Waals surface area contributed by atoms with Crippen LogP contribution in [-0.4, -0.2) is 0 Å². The van der Waals surface area contributed by atoms with E-state index in [0.29, 0.717) is 0 Å². The van der Waals surface area contributed by atoms with Crippen molar-refractivity contribution in [2.45, 2.75) is 27.7 Å². The molecule has 0 saturated carbocycles. The Bertz CT molecular complexity index is 765. The van der Waals surface area contributed by atoms with Gasteiger partial charge in [0.2, 0.25) is 0 Å². The maximum absolute atomic E-state index is 2.95. The second-order valence-electron chi connectivity index (χ2n) is 6.52. The first-order chi connectivity index (χ1) is 10.9. The van der Waals surface area contributed by atoms with E-state index in [4.69, 9.17) is 0 Å². The van der Waals surface area contributed by atoms with Crippen molar-refractivity contribution in [1.82, 2.24) is 0 Å². The first kappa shape index (κ1) is 16.0. The quantitative estimate of drug-likeness (QED) is 0.527. The van der Waals surface area contributed by atoms with E-state index in [9.17, 15) is 0 Å². The molecular formula is C22H23P. The van der Waals surface area contributed by atoms with E-state index in [1.807, 2.05) is 0 Å². The molecule has 0 saturated heterocycles. The fraction of sp³-hybridized carbons (Fsp3) is 0.182. The molecule has 3 aromatic rings. The van der Waals surface area contributed by atoms with Crippen molar-refractivity contribution in [2.75, 3.05) is 0 Å². The molecule has 3 aromatic carbocycles. The van der Waals surface area contributed by atoms with Gasteiger partial charge in [-0.05, 0) is 55.3 Å². The summed E-state index contributed by atoms with van der Waals surface area (Å²) in [4.78, 5) is 0. The average Bonchev–Trinajstić information content (AvgIpc) is 2.45. The van der Waals surface area contributed by atoms with Crippen molar-refractivity contribution in [3.8, 4) is 22.3 Å². The molecule has 23 heavy (non-hydrogen) atoms. The molecule has 0 amide bonds. The molecule has 0 aliphatic heterocycles. The molecule has 0 heterocycles. The average molecular weight is 318 g/mol. The Labute approximate surface area is 141 Å². The molecular weight excluding hydrogens is 295 g/mol. The molecule has 0 bridgehead atoms. The van der Waals surface area contributed by atoms with Crippen LogP contribution >= 0.6 is 9.24 Å². The van der Waals surface area contributed by atoms with E-state index < -0.39 is 0 Å². The normalized spacial score (nSPS) is 10.8. The number of benzene rings is 3. The van der Waals surface area contributed by atoms with Gasteiger partial charge < -0.3 is 0 Å². The van der Waals surface area contributed by atoms with E-state index >= 15 is 0 Å². The van der Waals surface area contributed by atoms with Crippen LogP contribution in [0.5, 0.6) is 0 Å². The standard InChI is InChI=1S/C22H23P/c1-14-8-15(2)11-18(10-14)20-6-5-7-21(22(20)23)19-12-16(3)9-17(4)13-19/h5-13H,23H2,1-4H3. The van der Waals surface area contributed by atoms with Crippen molar-refractivity contribution in [2.24, 2.45) is 0 Å². The van der Waals surface area contributed by atoms with Gasteiger partial charge in [0.15, 0.2) is 0 Å². The van der Waals surface area contributed by atoms with Gasteiger partial charge in [0.05, 0.1) is 0 Å². The summed E-state index contributed by atoms with van der Waals surface area (Å²) >= 11 is 0. The first-order valence-electron chi connectivity index (χ1n) is 8.00. The van der Waals surface area contributed by atoms with Crippen LogP contribution in [0.2, 0.25) is 0 Å². The summed E-state index contributed by atoms with van der Waals surface area (Å²) in [6.45, 7) is 8.64. The monoisotopic (exact) mass is 318 g/mol. The third kappa shape index (κ3) is 3.38. The molecule has 0 aliphatic carbocycles. The van der Waals surface area contributed by atoms with Crippen molar-refractivity contribution >= 4 is 14.5 Å². The highest BCUT2D eigenvalue weighted by atomic mass is 31.0. The summed E-state index contributed by atoms with van der Waals surface area (Å²) in [7, 11) is 2.95. The summed E-state index contributed by atoms with van der Waals surface area (Å²) in [5.41, 5.74) is 10.4. The van der Waals surface area contributed by atoms with E-state index in [1.54, 1.807) is 0 Å². The first-order valence-corrected chi connectivity index (χ1v) is 8.57. The molecule has 0 nitrogen and oxygen atoms in total. The summed E-state index contributed by atoms with van der Waals surface area (Å²) in [5, 5.41) is 1.27. The SMILES string of the molecule is Cc1cc(C)cc(-c2cccc(-c3cc(C)cc(C)c3)c2P)c1. The minimum Gasteiger partial charge on any atom is -0.104 e. The van der Waals surface area contributed by atoms with Crippen LogP contribution in [0.15, 0.2) is 54.6 Å². The Morgan fingerprint density at radius 2 is 0.913 bits per heavy atom. The second kappa shape index (κ2) is 6.30. The smallest absolute Gasteiger partial charge is 0.0106 e. The summed E-state index contributed by atoms with van der Waals surface area (Å²) in [6.07, 6.45) is 0. The molecule has 0 aliphatic rings. The van der Waals surface area contributed by atoms with Gasteiger partial charge in [-0.15, -0.1) is 9.24 Å². The third-order valence-corrected chi connectivity index (χ3v) is 4.79. The molecule has 3 rings (SSSR count). The molecule has 0 aromatic heterocycles. The predicted molar refractivity (Wildman–Crippen MR) is 106 cm³/mol. The fourth-order valence-electron chi connectivity index (χ4n) is 3.33. The Morgan fingerprint density at radius 3 is 1.26 bits per heavy atom. The Morgan fingerprint density at radius 1 is 0.565 bits per heavy atom. The van der Waals surface area contributed by atoms with Crippen molar-refractivity contribution in [1.29, 1.82) is 0 Å². The topological polar surface area (TPSA) is 0 Å². The van der Waals surface area contributed by atoms with Gasteiger partial charge in [0.1, 0.15) is 0 Å². The van der Waals surface area contributed by atoms with Gasteiger partial charge in [-0.1, -0.05) is 76.9 Å². The second-order valence-corrected chi connectivity index (χ2v) is 7.10. The molecule has 1 unspecified atom stereocenters. The van der Waals surface area contributed by atoms with Crippen molar-refractivity contribution in [3.05, 3.63) is 76.9 Å². The minimum absolute atomic E-state index is 1.27. The Balaban J connectivity index is 2.18.